The van der Waals surface area contributed by atoms with Crippen molar-refractivity contribution in [1.29, 1.82) is 0 Å². The Hall–Kier alpha value is -3.24. The zero-order valence-corrected chi connectivity index (χ0v) is 22.2. The monoisotopic (exact) mass is 524 g/mol. The highest BCUT2D eigenvalue weighted by atomic mass is 35.5. The van der Waals surface area contributed by atoms with Crippen LogP contribution in [-0.4, -0.2) is 80.2 Å². The molecule has 37 heavy (non-hydrogen) atoms. The molecule has 196 valence electrons. The number of amides is 1. The Balaban J connectivity index is 1.24. The largest absolute Gasteiger partial charge is 0.402 e. The maximum absolute atomic E-state index is 12.9. The lowest BCUT2D eigenvalue weighted by Crippen LogP contribution is -2.62. The van der Waals surface area contributed by atoms with Crippen LogP contribution < -0.4 is 10.6 Å². The summed E-state index contributed by atoms with van der Waals surface area (Å²) < 4.78 is 5.30. The van der Waals surface area contributed by atoms with Gasteiger partial charge in [-0.3, -0.25) is 9.69 Å². The number of carbonyl (C=O) groups is 1. The first-order chi connectivity index (χ1) is 17.8. The third kappa shape index (κ3) is 5.26. The van der Waals surface area contributed by atoms with Crippen LogP contribution in [-0.2, 0) is 0 Å². The summed E-state index contributed by atoms with van der Waals surface area (Å²) in [5.74, 6) is 1.23. The van der Waals surface area contributed by atoms with Crippen molar-refractivity contribution in [3.63, 3.8) is 0 Å². The molecule has 11 heteroatoms. The molecule has 2 aliphatic rings. The second-order valence-corrected chi connectivity index (χ2v) is 10.3. The van der Waals surface area contributed by atoms with Gasteiger partial charge in [-0.1, -0.05) is 23.6 Å². The van der Waals surface area contributed by atoms with E-state index in [9.17, 15) is 4.79 Å². The summed E-state index contributed by atoms with van der Waals surface area (Å²) in [6.45, 7) is 9.80. The lowest BCUT2D eigenvalue weighted by atomic mass is 9.96. The number of anilines is 2. The molecule has 2 saturated heterocycles. The van der Waals surface area contributed by atoms with Crippen molar-refractivity contribution in [2.45, 2.75) is 58.2 Å². The number of hydrogen-bond donors (Lipinski definition) is 1. The zero-order chi connectivity index (χ0) is 26.1. The van der Waals surface area contributed by atoms with Gasteiger partial charge in [0.2, 0.25) is 0 Å². The van der Waals surface area contributed by atoms with E-state index in [2.05, 4.69) is 38.8 Å². The summed E-state index contributed by atoms with van der Waals surface area (Å²) in [5.41, 5.74) is 7.58. The Labute approximate surface area is 221 Å². The number of carbonyl (C=O) groups excluding carboxylic acids is 1. The molecule has 2 aromatic heterocycles. The van der Waals surface area contributed by atoms with Gasteiger partial charge in [-0.25, -0.2) is 9.97 Å². The van der Waals surface area contributed by atoms with E-state index < -0.39 is 0 Å². The summed E-state index contributed by atoms with van der Waals surface area (Å²) >= 11 is 5.98. The van der Waals surface area contributed by atoms with E-state index in [0.717, 1.165) is 57.0 Å². The highest BCUT2D eigenvalue weighted by Gasteiger charge is 2.37. The molecule has 0 bridgehead atoms. The van der Waals surface area contributed by atoms with Crippen molar-refractivity contribution in [3.8, 4) is 11.6 Å². The Morgan fingerprint density at radius 3 is 2.51 bits per heavy atom. The number of likely N-dealkylation sites (tertiary alicyclic amines) is 1. The van der Waals surface area contributed by atoms with Crippen LogP contribution in [0.1, 0.15) is 49.2 Å². The SMILES string of the molecule is CCC1CN(c2ncc(-c3nnc(N)o3)nc2C)C(C)CN1C1CCN(C(=O)c2ccc(Cl)cc2)CC1. The van der Waals surface area contributed by atoms with Gasteiger partial charge in [-0.2, -0.15) is 0 Å². The van der Waals surface area contributed by atoms with Crippen LogP contribution in [0.5, 0.6) is 0 Å². The molecule has 1 amide bonds. The second kappa shape index (κ2) is 10.6. The number of nitrogens with zero attached hydrogens (tertiary/aromatic N) is 7. The normalized spacial score (nSPS) is 21.4. The van der Waals surface area contributed by atoms with Gasteiger partial charge < -0.3 is 20.0 Å². The van der Waals surface area contributed by atoms with Gasteiger partial charge >= 0.3 is 6.01 Å². The van der Waals surface area contributed by atoms with E-state index in [1.54, 1.807) is 30.5 Å². The lowest BCUT2D eigenvalue weighted by molar-refractivity contribution is 0.0434. The topological polar surface area (TPSA) is 118 Å². The van der Waals surface area contributed by atoms with E-state index >= 15 is 0 Å². The Morgan fingerprint density at radius 2 is 1.89 bits per heavy atom. The molecule has 5 rings (SSSR count). The quantitative estimate of drug-likeness (QED) is 0.533. The number of hydrogen-bond acceptors (Lipinski definition) is 9. The molecule has 2 unspecified atom stereocenters. The first-order valence-electron chi connectivity index (χ1n) is 12.8. The molecule has 2 atom stereocenters. The van der Waals surface area contributed by atoms with Crippen LogP contribution in [0, 0.1) is 6.92 Å². The molecular formula is C26H33ClN8O2. The molecule has 0 saturated carbocycles. The first kappa shape index (κ1) is 25.4. The number of piperidine rings is 1. The molecule has 3 aromatic rings. The van der Waals surface area contributed by atoms with Gasteiger partial charge in [-0.05, 0) is 57.4 Å². The van der Waals surface area contributed by atoms with Crippen LogP contribution in [0.15, 0.2) is 34.9 Å². The fourth-order valence-corrected chi connectivity index (χ4v) is 5.67. The summed E-state index contributed by atoms with van der Waals surface area (Å²) in [5, 5.41) is 8.26. The van der Waals surface area contributed by atoms with Gasteiger partial charge in [0.15, 0.2) is 0 Å². The molecule has 4 heterocycles. The highest BCUT2D eigenvalue weighted by Crippen LogP contribution is 2.30. The number of halogens is 1. The van der Waals surface area contributed by atoms with Gasteiger partial charge in [0, 0.05) is 54.9 Å². The zero-order valence-electron chi connectivity index (χ0n) is 21.5. The third-order valence-corrected chi connectivity index (χ3v) is 7.77. The molecular weight excluding hydrogens is 492 g/mol. The molecule has 2 fully saturated rings. The van der Waals surface area contributed by atoms with Gasteiger partial charge in [0.1, 0.15) is 11.5 Å². The number of aromatic nitrogens is 4. The number of rotatable bonds is 5. The van der Waals surface area contributed by atoms with Crippen molar-refractivity contribution in [2.24, 2.45) is 0 Å². The number of benzene rings is 1. The van der Waals surface area contributed by atoms with Crippen molar-refractivity contribution >= 4 is 29.3 Å². The average molecular weight is 525 g/mol. The summed E-state index contributed by atoms with van der Waals surface area (Å²) in [7, 11) is 0. The Morgan fingerprint density at radius 1 is 1.16 bits per heavy atom. The van der Waals surface area contributed by atoms with E-state index in [0.29, 0.717) is 28.4 Å². The maximum Gasteiger partial charge on any atom is 0.313 e. The van der Waals surface area contributed by atoms with Crippen LogP contribution in [0.4, 0.5) is 11.8 Å². The molecule has 2 aliphatic heterocycles. The minimum absolute atomic E-state index is 0.00856. The van der Waals surface area contributed by atoms with Gasteiger partial charge in [0.05, 0.1) is 11.9 Å². The van der Waals surface area contributed by atoms with E-state index in [4.69, 9.17) is 26.7 Å². The highest BCUT2D eigenvalue weighted by molar-refractivity contribution is 6.30. The fourth-order valence-electron chi connectivity index (χ4n) is 5.54. The van der Waals surface area contributed by atoms with E-state index in [-0.39, 0.29) is 23.9 Å². The average Bonchev–Trinajstić information content (AvgIpc) is 3.35. The minimum atomic E-state index is 0.00856. The number of nitrogen functional groups attached to an aromatic ring is 1. The van der Waals surface area contributed by atoms with Crippen molar-refractivity contribution < 1.29 is 9.21 Å². The fraction of sp³-hybridized carbons (Fsp3) is 0.500. The van der Waals surface area contributed by atoms with Gasteiger partial charge in [0.25, 0.3) is 11.8 Å². The molecule has 1 aromatic carbocycles. The van der Waals surface area contributed by atoms with E-state index in [1.807, 2.05) is 11.8 Å². The predicted molar refractivity (Wildman–Crippen MR) is 142 cm³/mol. The molecule has 0 spiro atoms. The third-order valence-electron chi connectivity index (χ3n) is 7.52. The molecule has 10 nitrogen and oxygen atoms in total. The standard InChI is InChI=1S/C26H33ClN8O2/c1-4-20-15-34(23-17(3)30-22(13-29-23)24-31-32-26(28)37-24)16(2)14-35(20)21-9-11-33(12-10-21)25(36)18-5-7-19(27)8-6-18/h5-8,13,16,20-21H,4,9-12,14-15H2,1-3H3,(H2,28,32). The lowest BCUT2D eigenvalue weighted by Gasteiger charge is -2.50. The maximum atomic E-state index is 12.9. The Kier molecular flexibility index (Phi) is 7.30. The van der Waals surface area contributed by atoms with Crippen molar-refractivity contribution in [1.82, 2.24) is 30.0 Å². The number of nitrogens with two attached hydrogens (primary N) is 1. The van der Waals surface area contributed by atoms with Crippen molar-refractivity contribution in [3.05, 3.63) is 46.7 Å². The van der Waals surface area contributed by atoms with Crippen LogP contribution in [0.2, 0.25) is 5.02 Å². The first-order valence-corrected chi connectivity index (χ1v) is 13.2. The number of aryl methyl sites for hydroxylation is 1. The van der Waals surface area contributed by atoms with E-state index in [1.165, 1.54) is 0 Å². The predicted octanol–water partition coefficient (Wildman–Crippen LogP) is 3.66. The molecule has 0 aliphatic carbocycles. The second-order valence-electron chi connectivity index (χ2n) is 9.90. The van der Waals surface area contributed by atoms with Crippen LogP contribution in [0.3, 0.4) is 0 Å². The minimum Gasteiger partial charge on any atom is -0.402 e. The molecule has 0 radical (unpaired) electrons. The van der Waals surface area contributed by atoms with Crippen LogP contribution >= 0.6 is 11.6 Å². The smallest absolute Gasteiger partial charge is 0.313 e. The summed E-state index contributed by atoms with van der Waals surface area (Å²) in [6, 6.07) is 8.30. The van der Waals surface area contributed by atoms with Gasteiger partial charge in [-0.15, -0.1) is 5.10 Å². The Bertz CT molecular complexity index is 1240. The summed E-state index contributed by atoms with van der Waals surface area (Å²) in [6.07, 6.45) is 4.66. The summed E-state index contributed by atoms with van der Waals surface area (Å²) in [4.78, 5) is 29.3. The van der Waals surface area contributed by atoms with Crippen molar-refractivity contribution in [2.75, 3.05) is 36.8 Å². The van der Waals surface area contributed by atoms with Crippen LogP contribution in [0.25, 0.3) is 11.6 Å². The number of piperazine rings is 1. The molecule has 2 N–H and O–H groups in total.